The third-order valence-electron chi connectivity index (χ3n) is 3.41. The van der Waals surface area contributed by atoms with Crippen LogP contribution in [0.4, 0.5) is 0 Å². The SMILES string of the molecule is Cc1nnsc1C(=O)N/N=C\c1ccc(OC(=O)c2ccc(Cl)cc2)cc1. The maximum absolute atomic E-state index is 12.0. The Hall–Kier alpha value is -3.10. The number of nitrogens with zero attached hydrogens (tertiary/aromatic N) is 3. The van der Waals surface area contributed by atoms with E-state index >= 15 is 0 Å². The highest BCUT2D eigenvalue weighted by molar-refractivity contribution is 7.07. The van der Waals surface area contributed by atoms with Gasteiger partial charge in [0.1, 0.15) is 10.6 Å². The van der Waals surface area contributed by atoms with E-state index in [-0.39, 0.29) is 5.91 Å². The highest BCUT2D eigenvalue weighted by Gasteiger charge is 2.12. The van der Waals surface area contributed by atoms with Gasteiger partial charge in [0.15, 0.2) is 0 Å². The topological polar surface area (TPSA) is 93.5 Å². The molecule has 7 nitrogen and oxygen atoms in total. The molecule has 3 aromatic rings. The number of esters is 1. The summed E-state index contributed by atoms with van der Waals surface area (Å²) in [5, 5.41) is 8.21. The van der Waals surface area contributed by atoms with Gasteiger partial charge < -0.3 is 4.74 Å². The second-order valence-corrected chi connectivity index (χ2v) is 6.54. The lowest BCUT2D eigenvalue weighted by Gasteiger charge is -2.04. The van der Waals surface area contributed by atoms with Crippen molar-refractivity contribution in [2.45, 2.75) is 6.92 Å². The average molecular weight is 401 g/mol. The van der Waals surface area contributed by atoms with Crippen LogP contribution in [0.25, 0.3) is 0 Å². The molecule has 0 aliphatic rings. The molecule has 0 bridgehead atoms. The average Bonchev–Trinajstić information content (AvgIpc) is 3.09. The molecule has 0 aliphatic heterocycles. The quantitative estimate of drug-likeness (QED) is 0.306. The maximum atomic E-state index is 12.0. The lowest BCUT2D eigenvalue weighted by atomic mass is 10.2. The van der Waals surface area contributed by atoms with E-state index in [1.54, 1.807) is 55.5 Å². The van der Waals surface area contributed by atoms with Crippen LogP contribution in [0.2, 0.25) is 5.02 Å². The molecule has 0 fully saturated rings. The number of nitrogens with one attached hydrogen (secondary N) is 1. The van der Waals surface area contributed by atoms with E-state index in [0.29, 0.717) is 26.9 Å². The monoisotopic (exact) mass is 400 g/mol. The molecule has 1 amide bonds. The fourth-order valence-corrected chi connectivity index (χ4v) is 2.70. The van der Waals surface area contributed by atoms with Gasteiger partial charge in [-0.25, -0.2) is 10.2 Å². The first-order chi connectivity index (χ1) is 13.0. The number of amides is 1. The van der Waals surface area contributed by atoms with Crippen molar-refractivity contribution in [3.8, 4) is 5.75 Å². The number of halogens is 1. The molecule has 1 N–H and O–H groups in total. The zero-order valence-corrected chi connectivity index (χ0v) is 15.6. The molecular weight excluding hydrogens is 388 g/mol. The second kappa shape index (κ2) is 8.52. The first-order valence-corrected chi connectivity index (χ1v) is 8.88. The number of ether oxygens (including phenoxy) is 1. The summed E-state index contributed by atoms with van der Waals surface area (Å²) in [5.74, 6) is -0.455. The Labute approximate surface area is 163 Å². The summed E-state index contributed by atoms with van der Waals surface area (Å²) in [7, 11) is 0. The van der Waals surface area contributed by atoms with E-state index in [4.69, 9.17) is 16.3 Å². The number of carbonyl (C=O) groups is 2. The Balaban J connectivity index is 1.57. The van der Waals surface area contributed by atoms with Crippen LogP contribution < -0.4 is 10.2 Å². The molecule has 3 rings (SSSR count). The molecule has 27 heavy (non-hydrogen) atoms. The third kappa shape index (κ3) is 4.96. The van der Waals surface area contributed by atoms with Crippen LogP contribution in [0.5, 0.6) is 5.75 Å². The van der Waals surface area contributed by atoms with Crippen LogP contribution >= 0.6 is 23.1 Å². The molecular formula is C18H13ClN4O3S. The zero-order chi connectivity index (χ0) is 19.2. The summed E-state index contributed by atoms with van der Waals surface area (Å²) >= 11 is 6.80. The van der Waals surface area contributed by atoms with Gasteiger partial charge in [0.25, 0.3) is 5.91 Å². The zero-order valence-electron chi connectivity index (χ0n) is 14.0. The number of rotatable bonds is 5. The molecule has 0 unspecified atom stereocenters. The Kier molecular flexibility index (Phi) is 5.90. The standard InChI is InChI=1S/C18H13ClN4O3S/c1-11-16(27-23-21-11)17(24)22-20-10-12-2-8-15(9-3-12)26-18(25)13-4-6-14(19)7-5-13/h2-10H,1H3,(H,22,24)/b20-10-. The Morgan fingerprint density at radius 1 is 1.15 bits per heavy atom. The van der Waals surface area contributed by atoms with Gasteiger partial charge in [-0.05, 0) is 72.6 Å². The summed E-state index contributed by atoms with van der Waals surface area (Å²) in [6.07, 6.45) is 1.48. The summed E-state index contributed by atoms with van der Waals surface area (Å²) in [4.78, 5) is 24.4. The van der Waals surface area contributed by atoms with Gasteiger partial charge in [-0.3, -0.25) is 4.79 Å². The van der Waals surface area contributed by atoms with E-state index in [1.807, 2.05) is 0 Å². The molecule has 0 spiro atoms. The fourth-order valence-electron chi connectivity index (χ4n) is 2.03. The minimum atomic E-state index is -0.478. The molecule has 0 atom stereocenters. The summed E-state index contributed by atoms with van der Waals surface area (Å²) in [5.41, 5.74) is 4.09. The molecule has 0 aliphatic carbocycles. The molecule has 1 heterocycles. The van der Waals surface area contributed by atoms with E-state index < -0.39 is 5.97 Å². The van der Waals surface area contributed by atoms with E-state index in [9.17, 15) is 9.59 Å². The number of carbonyl (C=O) groups excluding carboxylic acids is 2. The molecule has 0 radical (unpaired) electrons. The van der Waals surface area contributed by atoms with Crippen LogP contribution in [0.3, 0.4) is 0 Å². The van der Waals surface area contributed by atoms with Crippen molar-refractivity contribution in [3.05, 3.63) is 75.3 Å². The Bertz CT molecular complexity index is 985. The maximum Gasteiger partial charge on any atom is 0.343 e. The van der Waals surface area contributed by atoms with Crippen molar-refractivity contribution in [3.63, 3.8) is 0 Å². The number of benzene rings is 2. The van der Waals surface area contributed by atoms with Gasteiger partial charge in [0, 0.05) is 5.02 Å². The smallest absolute Gasteiger partial charge is 0.343 e. The Morgan fingerprint density at radius 3 is 2.48 bits per heavy atom. The molecule has 9 heteroatoms. The van der Waals surface area contributed by atoms with Crippen LogP contribution in [-0.2, 0) is 0 Å². The molecule has 136 valence electrons. The third-order valence-corrected chi connectivity index (χ3v) is 4.49. The lowest BCUT2D eigenvalue weighted by molar-refractivity contribution is 0.0734. The first-order valence-electron chi connectivity index (χ1n) is 7.73. The lowest BCUT2D eigenvalue weighted by Crippen LogP contribution is -2.17. The molecule has 1 aromatic heterocycles. The summed E-state index contributed by atoms with van der Waals surface area (Å²) < 4.78 is 8.99. The first kappa shape index (κ1) is 18.7. The van der Waals surface area contributed by atoms with Crippen molar-refractivity contribution in [2.24, 2.45) is 5.10 Å². The van der Waals surface area contributed by atoms with Crippen molar-refractivity contribution < 1.29 is 14.3 Å². The second-order valence-electron chi connectivity index (χ2n) is 5.35. The number of hydrogen-bond donors (Lipinski definition) is 1. The molecule has 0 saturated heterocycles. The van der Waals surface area contributed by atoms with Gasteiger partial charge >= 0.3 is 5.97 Å². The van der Waals surface area contributed by atoms with Gasteiger partial charge in [-0.2, -0.15) is 5.10 Å². The molecule has 2 aromatic carbocycles. The normalized spacial score (nSPS) is 10.7. The van der Waals surface area contributed by atoms with Crippen molar-refractivity contribution in [1.29, 1.82) is 0 Å². The van der Waals surface area contributed by atoms with Crippen molar-refractivity contribution >= 4 is 41.2 Å². The number of aryl methyl sites for hydroxylation is 1. The highest BCUT2D eigenvalue weighted by Crippen LogP contribution is 2.15. The van der Waals surface area contributed by atoms with Crippen LogP contribution in [0.15, 0.2) is 53.6 Å². The van der Waals surface area contributed by atoms with Crippen LogP contribution in [-0.4, -0.2) is 27.7 Å². The Morgan fingerprint density at radius 2 is 1.85 bits per heavy atom. The fraction of sp³-hybridized carbons (Fsp3) is 0.0556. The number of aromatic nitrogens is 2. The predicted molar refractivity (Wildman–Crippen MR) is 103 cm³/mol. The number of hydrazone groups is 1. The highest BCUT2D eigenvalue weighted by atomic mass is 35.5. The minimum absolute atomic E-state index is 0.368. The summed E-state index contributed by atoms with van der Waals surface area (Å²) in [6, 6.07) is 13.1. The number of hydrogen-bond acceptors (Lipinski definition) is 7. The van der Waals surface area contributed by atoms with E-state index in [1.165, 1.54) is 6.21 Å². The van der Waals surface area contributed by atoms with Gasteiger partial charge in [0.2, 0.25) is 0 Å². The van der Waals surface area contributed by atoms with E-state index in [0.717, 1.165) is 17.1 Å². The predicted octanol–water partition coefficient (Wildman–Crippen LogP) is 3.48. The largest absolute Gasteiger partial charge is 0.423 e. The van der Waals surface area contributed by atoms with Crippen molar-refractivity contribution in [2.75, 3.05) is 0 Å². The van der Waals surface area contributed by atoms with Gasteiger partial charge in [-0.1, -0.05) is 16.1 Å². The van der Waals surface area contributed by atoms with E-state index in [2.05, 4.69) is 20.1 Å². The van der Waals surface area contributed by atoms with Gasteiger partial charge in [-0.15, -0.1) is 5.10 Å². The van der Waals surface area contributed by atoms with Crippen LogP contribution in [0.1, 0.15) is 31.3 Å². The van der Waals surface area contributed by atoms with Crippen LogP contribution in [0, 0.1) is 6.92 Å². The van der Waals surface area contributed by atoms with Gasteiger partial charge in [0.05, 0.1) is 17.5 Å². The minimum Gasteiger partial charge on any atom is -0.423 e. The van der Waals surface area contributed by atoms with Crippen molar-refractivity contribution in [1.82, 2.24) is 15.0 Å². The molecule has 0 saturated carbocycles. The summed E-state index contributed by atoms with van der Waals surface area (Å²) in [6.45, 7) is 1.70.